The largest absolute Gasteiger partial charge is 0.497 e. The summed E-state index contributed by atoms with van der Waals surface area (Å²) in [5.41, 5.74) is 2.42. The lowest BCUT2D eigenvalue weighted by Gasteiger charge is -2.17. The molecule has 3 aromatic rings. The molecule has 0 fully saturated rings. The lowest BCUT2D eigenvalue weighted by atomic mass is 10.1. The number of fused-ring (bicyclic) bond motifs is 1. The molecule has 0 bridgehead atoms. The smallest absolute Gasteiger partial charge is 0.181 e. The molecule has 8 heteroatoms. The topological polar surface area (TPSA) is 64.0 Å². The number of methoxy groups -OCH3 is 2. The number of imidazole rings is 1. The van der Waals surface area contributed by atoms with E-state index in [0.29, 0.717) is 31.3 Å². The first-order chi connectivity index (χ1) is 13.2. The molecule has 2 aromatic heterocycles. The van der Waals surface area contributed by atoms with Crippen molar-refractivity contribution in [2.75, 3.05) is 34.0 Å². The molecule has 0 atom stereocenters. The van der Waals surface area contributed by atoms with Crippen LogP contribution in [-0.2, 0) is 0 Å². The Kier molecular flexibility index (Phi) is 4.81. The van der Waals surface area contributed by atoms with Gasteiger partial charge in [0.1, 0.15) is 53.9 Å². The van der Waals surface area contributed by atoms with Crippen LogP contribution in [0.1, 0.15) is 6.92 Å². The molecule has 0 saturated heterocycles. The van der Waals surface area contributed by atoms with Gasteiger partial charge in [0.25, 0.3) is 0 Å². The maximum absolute atomic E-state index is 5.87. The zero-order valence-corrected chi connectivity index (χ0v) is 16.2. The molecule has 0 N–H and O–H groups in total. The van der Waals surface area contributed by atoms with Gasteiger partial charge in [-0.25, -0.2) is 4.98 Å². The molecule has 3 heterocycles. The van der Waals surface area contributed by atoms with Crippen molar-refractivity contribution in [1.29, 1.82) is 0 Å². The zero-order valence-electron chi connectivity index (χ0n) is 15.4. The predicted octanol–water partition coefficient (Wildman–Crippen LogP) is 3.52. The molecule has 4 rings (SSSR count). The fourth-order valence-corrected chi connectivity index (χ4v) is 3.92. The Balaban J connectivity index is 1.90. The third kappa shape index (κ3) is 3.16. The third-order valence-corrected chi connectivity index (χ3v) is 5.09. The van der Waals surface area contributed by atoms with Crippen LogP contribution < -0.4 is 23.8 Å². The number of hydrogen-bond acceptors (Lipinski definition) is 7. The molecule has 7 nitrogen and oxygen atoms in total. The van der Waals surface area contributed by atoms with Crippen LogP contribution in [-0.4, -0.2) is 43.8 Å². The molecule has 0 aliphatic carbocycles. The van der Waals surface area contributed by atoms with Gasteiger partial charge >= 0.3 is 0 Å². The number of hydrogen-bond donors (Lipinski definition) is 0. The molecule has 1 aromatic carbocycles. The zero-order chi connectivity index (χ0) is 18.8. The number of ether oxygens (including phenoxy) is 4. The van der Waals surface area contributed by atoms with Gasteiger partial charge < -0.3 is 23.8 Å². The van der Waals surface area contributed by atoms with Gasteiger partial charge in [0.2, 0.25) is 0 Å². The Bertz CT molecular complexity index is 927. The van der Waals surface area contributed by atoms with Crippen LogP contribution in [0.2, 0.25) is 0 Å². The average molecular weight is 388 g/mol. The monoisotopic (exact) mass is 388 g/mol. The van der Waals surface area contributed by atoms with E-state index < -0.39 is 0 Å². The maximum atomic E-state index is 5.87. The molecule has 0 radical (unpaired) electrons. The number of thiophene rings is 1. The molecule has 0 spiro atoms. The van der Waals surface area contributed by atoms with E-state index in [1.165, 1.54) is 11.3 Å². The lowest BCUT2D eigenvalue weighted by Crippen LogP contribution is -2.15. The van der Waals surface area contributed by atoms with E-state index >= 15 is 0 Å². The van der Waals surface area contributed by atoms with Crippen LogP contribution in [0.3, 0.4) is 0 Å². The number of benzene rings is 1. The summed E-state index contributed by atoms with van der Waals surface area (Å²) in [5.74, 6) is 2.85. The van der Waals surface area contributed by atoms with Crippen LogP contribution in [0.4, 0.5) is 0 Å². The predicted molar refractivity (Wildman–Crippen MR) is 102 cm³/mol. The van der Waals surface area contributed by atoms with Gasteiger partial charge in [-0.05, 0) is 19.1 Å². The van der Waals surface area contributed by atoms with E-state index in [1.54, 1.807) is 25.3 Å². The highest BCUT2D eigenvalue weighted by Gasteiger charge is 2.26. The molecular formula is C19H20N2O5S. The van der Waals surface area contributed by atoms with Gasteiger partial charge in [-0.2, -0.15) is 4.73 Å². The molecule has 1 aliphatic rings. The SMILES string of the molecule is CCOn1cnc(-c2cc(OC)cc(OC)c2)c1-c1scc2c1OCCO2. The molecular weight excluding hydrogens is 368 g/mol. The van der Waals surface area contributed by atoms with Gasteiger partial charge in [-0.15, -0.1) is 11.3 Å². The quantitative estimate of drug-likeness (QED) is 0.644. The second-order valence-corrected chi connectivity index (χ2v) is 6.62. The summed E-state index contributed by atoms with van der Waals surface area (Å²) >= 11 is 1.54. The van der Waals surface area contributed by atoms with Crippen molar-refractivity contribution in [3.05, 3.63) is 29.9 Å². The molecule has 1 aliphatic heterocycles. The molecule has 0 amide bonds. The van der Waals surface area contributed by atoms with E-state index in [1.807, 2.05) is 30.5 Å². The van der Waals surface area contributed by atoms with Crippen LogP contribution in [0.25, 0.3) is 21.8 Å². The first-order valence-corrected chi connectivity index (χ1v) is 9.44. The highest BCUT2D eigenvalue weighted by molar-refractivity contribution is 7.14. The van der Waals surface area contributed by atoms with Gasteiger partial charge in [-0.3, -0.25) is 0 Å². The summed E-state index contributed by atoms with van der Waals surface area (Å²) in [6.45, 7) is 3.51. The van der Waals surface area contributed by atoms with Crippen LogP contribution >= 0.6 is 11.3 Å². The summed E-state index contributed by atoms with van der Waals surface area (Å²) in [5, 5.41) is 1.95. The van der Waals surface area contributed by atoms with E-state index in [4.69, 9.17) is 23.8 Å². The Labute approximate surface area is 161 Å². The van der Waals surface area contributed by atoms with E-state index in [9.17, 15) is 0 Å². The number of nitrogens with zero attached hydrogens (tertiary/aromatic N) is 2. The summed E-state index contributed by atoms with van der Waals surface area (Å²) in [6.07, 6.45) is 1.66. The summed E-state index contributed by atoms with van der Waals surface area (Å²) in [6, 6.07) is 5.66. The van der Waals surface area contributed by atoms with Crippen molar-refractivity contribution < 1.29 is 23.8 Å². The van der Waals surface area contributed by atoms with Gasteiger partial charge in [0, 0.05) is 17.0 Å². The van der Waals surface area contributed by atoms with Crippen molar-refractivity contribution >= 4 is 11.3 Å². The fourth-order valence-electron chi connectivity index (χ4n) is 2.96. The van der Waals surface area contributed by atoms with Crippen LogP contribution in [0.5, 0.6) is 23.0 Å². The van der Waals surface area contributed by atoms with Crippen molar-refractivity contribution in [2.45, 2.75) is 6.92 Å². The van der Waals surface area contributed by atoms with Crippen molar-refractivity contribution in [1.82, 2.24) is 9.71 Å². The normalized spacial score (nSPS) is 12.7. The summed E-state index contributed by atoms with van der Waals surface area (Å²) in [7, 11) is 3.25. The second-order valence-electron chi connectivity index (χ2n) is 5.74. The van der Waals surface area contributed by atoms with Crippen molar-refractivity contribution in [3.8, 4) is 44.8 Å². The van der Waals surface area contributed by atoms with Crippen molar-refractivity contribution in [3.63, 3.8) is 0 Å². The summed E-state index contributed by atoms with van der Waals surface area (Å²) in [4.78, 5) is 11.3. The summed E-state index contributed by atoms with van der Waals surface area (Å²) < 4.78 is 24.1. The number of aromatic nitrogens is 2. The van der Waals surface area contributed by atoms with Gasteiger partial charge in [-0.1, -0.05) is 0 Å². The first kappa shape index (κ1) is 17.5. The molecule has 27 heavy (non-hydrogen) atoms. The third-order valence-electron chi connectivity index (χ3n) is 4.15. The first-order valence-electron chi connectivity index (χ1n) is 8.56. The number of rotatable bonds is 6. The minimum Gasteiger partial charge on any atom is -0.497 e. The highest BCUT2D eigenvalue weighted by Crippen LogP contribution is 2.48. The van der Waals surface area contributed by atoms with Gasteiger partial charge in [0.15, 0.2) is 11.5 Å². The van der Waals surface area contributed by atoms with Gasteiger partial charge in [0.05, 0.1) is 14.2 Å². The molecule has 142 valence electrons. The average Bonchev–Trinajstić information content (AvgIpc) is 3.31. The Morgan fingerprint density at radius 2 is 1.85 bits per heavy atom. The Hall–Kier alpha value is -2.87. The Morgan fingerprint density at radius 1 is 1.11 bits per heavy atom. The maximum Gasteiger partial charge on any atom is 0.181 e. The lowest BCUT2D eigenvalue weighted by molar-refractivity contribution is 0.125. The van der Waals surface area contributed by atoms with Crippen LogP contribution in [0, 0.1) is 0 Å². The fraction of sp³-hybridized carbons (Fsp3) is 0.316. The standard InChI is InChI=1S/C19H20N2O5S/c1-4-26-21-11-20-16(12-7-13(22-2)9-14(8-12)23-3)17(21)19-18-15(10-27-19)24-5-6-25-18/h7-11H,4-6H2,1-3H3. The second kappa shape index (κ2) is 7.40. The highest BCUT2D eigenvalue weighted by atomic mass is 32.1. The minimum absolute atomic E-state index is 0.509. The van der Waals surface area contributed by atoms with E-state index in [2.05, 4.69) is 4.98 Å². The van der Waals surface area contributed by atoms with E-state index in [-0.39, 0.29) is 0 Å². The van der Waals surface area contributed by atoms with Crippen LogP contribution in [0.15, 0.2) is 29.9 Å². The minimum atomic E-state index is 0.509. The Morgan fingerprint density at radius 3 is 2.56 bits per heavy atom. The molecule has 0 saturated carbocycles. The van der Waals surface area contributed by atoms with E-state index in [0.717, 1.165) is 33.3 Å². The molecule has 0 unspecified atom stereocenters. The van der Waals surface area contributed by atoms with Crippen molar-refractivity contribution in [2.24, 2.45) is 0 Å².